The molecule has 1 aliphatic heterocycles. The minimum Gasteiger partial charge on any atom is -0.393 e. The van der Waals surface area contributed by atoms with Crippen molar-refractivity contribution in [3.05, 3.63) is 28.3 Å². The molecule has 0 aromatic heterocycles. The topological polar surface area (TPSA) is 116 Å². The zero-order valence-corrected chi connectivity index (χ0v) is 11.7. The minimum atomic E-state index is -3.95. The smallest absolute Gasteiger partial charge is 0.312 e. The van der Waals surface area contributed by atoms with Crippen LogP contribution in [0, 0.1) is 10.1 Å². The Morgan fingerprint density at radius 1 is 1.50 bits per heavy atom. The Labute approximate surface area is 116 Å². The lowest BCUT2D eigenvalue weighted by atomic mass is 10.3. The van der Waals surface area contributed by atoms with E-state index in [0.717, 1.165) is 0 Å². The summed E-state index contributed by atoms with van der Waals surface area (Å²) in [6.45, 7) is 0.456. The molecule has 1 saturated heterocycles. The van der Waals surface area contributed by atoms with Crippen molar-refractivity contribution in [2.75, 3.05) is 25.9 Å². The maximum absolute atomic E-state index is 12.5. The van der Waals surface area contributed by atoms with Crippen LogP contribution in [-0.4, -0.2) is 43.9 Å². The number of sulfonamides is 1. The second-order valence-electron chi connectivity index (χ2n) is 4.46. The average molecular weight is 301 g/mol. The molecule has 1 aromatic carbocycles. The highest BCUT2D eigenvalue weighted by Gasteiger charge is 2.37. The highest BCUT2D eigenvalue weighted by atomic mass is 32.2. The number of nitrogen functional groups attached to an aromatic ring is 1. The van der Waals surface area contributed by atoms with Crippen LogP contribution in [0.5, 0.6) is 0 Å². The molecule has 1 fully saturated rings. The summed E-state index contributed by atoms with van der Waals surface area (Å²) >= 11 is 0. The third-order valence-corrected chi connectivity index (χ3v) is 5.17. The third kappa shape index (κ3) is 2.47. The molecule has 0 radical (unpaired) electrons. The first-order valence-electron chi connectivity index (χ1n) is 5.93. The zero-order valence-electron chi connectivity index (χ0n) is 10.9. The Morgan fingerprint density at radius 3 is 2.75 bits per heavy atom. The molecule has 1 heterocycles. The van der Waals surface area contributed by atoms with E-state index in [9.17, 15) is 18.5 Å². The van der Waals surface area contributed by atoms with Gasteiger partial charge < -0.3 is 10.5 Å². The number of benzene rings is 1. The fourth-order valence-electron chi connectivity index (χ4n) is 2.19. The van der Waals surface area contributed by atoms with Crippen LogP contribution < -0.4 is 5.73 Å². The molecule has 110 valence electrons. The number of anilines is 1. The van der Waals surface area contributed by atoms with E-state index in [1.165, 1.54) is 29.6 Å². The van der Waals surface area contributed by atoms with Crippen LogP contribution in [-0.2, 0) is 14.8 Å². The number of nitrogens with zero attached hydrogens (tertiary/aromatic N) is 2. The highest BCUT2D eigenvalue weighted by molar-refractivity contribution is 7.89. The van der Waals surface area contributed by atoms with Gasteiger partial charge in [0.25, 0.3) is 0 Å². The number of hydrogen-bond donors (Lipinski definition) is 1. The molecule has 0 bridgehead atoms. The summed E-state index contributed by atoms with van der Waals surface area (Å²) in [6.07, 6.45) is 0.371. The lowest BCUT2D eigenvalue weighted by molar-refractivity contribution is -0.386. The van der Waals surface area contributed by atoms with Gasteiger partial charge >= 0.3 is 5.69 Å². The molecule has 1 unspecified atom stereocenters. The van der Waals surface area contributed by atoms with Crippen molar-refractivity contribution in [1.82, 2.24) is 4.31 Å². The molecule has 1 aliphatic rings. The fourth-order valence-corrected chi connectivity index (χ4v) is 3.86. The van der Waals surface area contributed by atoms with Gasteiger partial charge in [-0.2, -0.15) is 4.31 Å². The number of nitro benzene ring substituents is 1. The first-order chi connectivity index (χ1) is 9.37. The highest BCUT2D eigenvalue weighted by Crippen LogP contribution is 2.33. The summed E-state index contributed by atoms with van der Waals surface area (Å²) in [4.78, 5) is 9.90. The Morgan fingerprint density at radius 2 is 2.20 bits per heavy atom. The number of nitro groups is 1. The van der Waals surface area contributed by atoms with Crippen molar-refractivity contribution in [2.45, 2.75) is 17.4 Å². The van der Waals surface area contributed by atoms with E-state index in [0.29, 0.717) is 6.42 Å². The van der Waals surface area contributed by atoms with Crippen molar-refractivity contribution in [3.63, 3.8) is 0 Å². The van der Waals surface area contributed by atoms with Crippen LogP contribution in [0.1, 0.15) is 6.42 Å². The molecule has 1 atom stereocenters. The van der Waals surface area contributed by atoms with E-state index >= 15 is 0 Å². The average Bonchev–Trinajstić information content (AvgIpc) is 2.87. The molecule has 0 aliphatic carbocycles. The Kier molecular flexibility index (Phi) is 3.93. The van der Waals surface area contributed by atoms with Gasteiger partial charge in [-0.15, -0.1) is 0 Å². The predicted molar refractivity (Wildman–Crippen MR) is 71.7 cm³/mol. The normalized spacial score (nSPS) is 20.1. The molecular weight excluding hydrogens is 286 g/mol. The number of hydrogen-bond acceptors (Lipinski definition) is 6. The van der Waals surface area contributed by atoms with Crippen molar-refractivity contribution < 1.29 is 18.1 Å². The quantitative estimate of drug-likeness (QED) is 0.494. The summed E-state index contributed by atoms with van der Waals surface area (Å²) in [5.74, 6) is 0. The van der Waals surface area contributed by atoms with Crippen LogP contribution in [0.3, 0.4) is 0 Å². The lowest BCUT2D eigenvalue weighted by Gasteiger charge is -2.16. The van der Waals surface area contributed by atoms with E-state index in [-0.39, 0.29) is 29.8 Å². The van der Waals surface area contributed by atoms with Gasteiger partial charge in [0, 0.05) is 20.2 Å². The molecule has 9 heteroatoms. The zero-order chi connectivity index (χ0) is 14.9. The van der Waals surface area contributed by atoms with Crippen LogP contribution in [0.4, 0.5) is 11.4 Å². The number of nitrogens with two attached hydrogens (primary N) is 1. The molecule has 8 nitrogen and oxygen atoms in total. The summed E-state index contributed by atoms with van der Waals surface area (Å²) < 4.78 is 31.3. The van der Waals surface area contributed by atoms with E-state index < -0.39 is 20.6 Å². The van der Waals surface area contributed by atoms with Crippen molar-refractivity contribution in [2.24, 2.45) is 0 Å². The Balaban J connectivity index is 2.46. The van der Waals surface area contributed by atoms with Gasteiger partial charge in [-0.05, 0) is 18.6 Å². The van der Waals surface area contributed by atoms with Gasteiger partial charge in [-0.1, -0.05) is 6.07 Å². The maximum Gasteiger partial charge on any atom is 0.312 e. The van der Waals surface area contributed by atoms with E-state index in [2.05, 4.69) is 0 Å². The standard InChI is InChI=1S/C11H15N3O5S/c1-19-8-5-6-13(7-8)20(17,18)10-4-2-3-9(12)11(10)14(15)16/h2-4,8H,5-7,12H2,1H3. The number of ether oxygens (including phenoxy) is 1. The summed E-state index contributed by atoms with van der Waals surface area (Å²) in [6, 6.07) is 3.89. The molecule has 2 rings (SSSR count). The van der Waals surface area contributed by atoms with Gasteiger partial charge in [0.2, 0.25) is 10.0 Å². The first-order valence-corrected chi connectivity index (χ1v) is 7.37. The van der Waals surface area contributed by atoms with Gasteiger partial charge in [-0.3, -0.25) is 10.1 Å². The van der Waals surface area contributed by atoms with Gasteiger partial charge in [0.15, 0.2) is 4.90 Å². The third-order valence-electron chi connectivity index (χ3n) is 3.27. The van der Waals surface area contributed by atoms with Crippen LogP contribution in [0.25, 0.3) is 0 Å². The van der Waals surface area contributed by atoms with Crippen LogP contribution >= 0.6 is 0 Å². The number of para-hydroxylation sites is 1. The van der Waals surface area contributed by atoms with Gasteiger partial charge in [-0.25, -0.2) is 8.42 Å². The second kappa shape index (κ2) is 5.35. The monoisotopic (exact) mass is 301 g/mol. The first kappa shape index (κ1) is 14.7. The molecule has 0 amide bonds. The van der Waals surface area contributed by atoms with Crippen LogP contribution in [0.2, 0.25) is 0 Å². The Hall–Kier alpha value is -1.71. The SMILES string of the molecule is COC1CCN(S(=O)(=O)c2cccc(N)c2[N+](=O)[O-])C1. The fraction of sp³-hybridized carbons (Fsp3) is 0.455. The number of methoxy groups -OCH3 is 1. The lowest BCUT2D eigenvalue weighted by Crippen LogP contribution is -2.30. The van der Waals surface area contributed by atoms with E-state index in [1.807, 2.05) is 0 Å². The van der Waals surface area contributed by atoms with E-state index in [1.54, 1.807) is 0 Å². The van der Waals surface area contributed by atoms with Crippen LogP contribution in [0.15, 0.2) is 23.1 Å². The number of rotatable bonds is 4. The molecule has 0 saturated carbocycles. The molecule has 0 spiro atoms. The Bertz CT molecular complexity index is 631. The van der Waals surface area contributed by atoms with Crippen molar-refractivity contribution in [3.8, 4) is 0 Å². The van der Waals surface area contributed by atoms with Crippen molar-refractivity contribution >= 4 is 21.4 Å². The van der Waals surface area contributed by atoms with Gasteiger partial charge in [0.1, 0.15) is 5.69 Å². The van der Waals surface area contributed by atoms with Gasteiger partial charge in [0.05, 0.1) is 11.0 Å². The van der Waals surface area contributed by atoms with Crippen molar-refractivity contribution in [1.29, 1.82) is 0 Å². The predicted octanol–water partition coefficient (Wildman–Crippen LogP) is 0.586. The molecule has 1 aromatic rings. The van der Waals surface area contributed by atoms with E-state index in [4.69, 9.17) is 10.5 Å². The summed E-state index contributed by atoms with van der Waals surface area (Å²) in [5.41, 5.74) is 4.78. The molecule has 20 heavy (non-hydrogen) atoms. The summed E-state index contributed by atoms with van der Waals surface area (Å²) in [7, 11) is -2.44. The largest absolute Gasteiger partial charge is 0.393 e. The second-order valence-corrected chi connectivity index (χ2v) is 6.37. The minimum absolute atomic E-state index is 0.168. The summed E-state index contributed by atoms with van der Waals surface area (Å²) in [5, 5.41) is 11.0. The molecular formula is C11H15N3O5S. The molecule has 2 N–H and O–H groups in total. The maximum atomic E-state index is 12.5.